The van der Waals surface area contributed by atoms with Crippen LogP contribution in [0.3, 0.4) is 0 Å². The summed E-state index contributed by atoms with van der Waals surface area (Å²) in [6.45, 7) is 6.13. The average molecular weight is 225 g/mol. The Hall–Kier alpha value is -0.770. The van der Waals surface area contributed by atoms with E-state index in [0.717, 1.165) is 51.4 Å². The van der Waals surface area contributed by atoms with E-state index in [4.69, 9.17) is 0 Å². The second-order valence-electron chi connectivity index (χ2n) is 5.16. The monoisotopic (exact) mass is 225 g/mol. The number of urea groups is 1. The van der Waals surface area contributed by atoms with E-state index in [0.29, 0.717) is 6.04 Å². The highest BCUT2D eigenvalue weighted by atomic mass is 16.2. The number of hydrogen-bond donors (Lipinski definition) is 2. The van der Waals surface area contributed by atoms with E-state index in [1.807, 2.05) is 4.90 Å². The van der Waals surface area contributed by atoms with Crippen molar-refractivity contribution in [1.82, 2.24) is 15.5 Å². The summed E-state index contributed by atoms with van der Waals surface area (Å²) >= 11 is 0. The van der Waals surface area contributed by atoms with Gasteiger partial charge in [-0.25, -0.2) is 4.79 Å². The van der Waals surface area contributed by atoms with Gasteiger partial charge in [0.1, 0.15) is 0 Å². The molecule has 2 heterocycles. The lowest BCUT2D eigenvalue weighted by Crippen LogP contribution is -2.51. The molecule has 4 heteroatoms. The molecule has 0 unspecified atom stereocenters. The number of piperidine rings is 2. The van der Waals surface area contributed by atoms with E-state index >= 15 is 0 Å². The molecule has 92 valence electrons. The van der Waals surface area contributed by atoms with Crippen molar-refractivity contribution in [1.29, 1.82) is 0 Å². The first-order valence-corrected chi connectivity index (χ1v) is 6.52. The normalized spacial score (nSPS) is 27.8. The standard InChI is InChI=1S/C12H23N3O/c1-10-4-7-15(8-5-10)12(16)14-11-3-2-6-13-9-11/h10-11,13H,2-9H2,1H3,(H,14,16)/t11-/m1/s1. The van der Waals surface area contributed by atoms with Gasteiger partial charge in [0, 0.05) is 25.7 Å². The van der Waals surface area contributed by atoms with Gasteiger partial charge in [-0.3, -0.25) is 0 Å². The van der Waals surface area contributed by atoms with Crippen LogP contribution in [-0.4, -0.2) is 43.2 Å². The molecule has 1 atom stereocenters. The Bertz CT molecular complexity index is 230. The van der Waals surface area contributed by atoms with Crippen LogP contribution in [0.2, 0.25) is 0 Å². The fraction of sp³-hybridized carbons (Fsp3) is 0.917. The van der Waals surface area contributed by atoms with Crippen LogP contribution in [0.15, 0.2) is 0 Å². The number of nitrogens with one attached hydrogen (secondary N) is 2. The minimum Gasteiger partial charge on any atom is -0.334 e. The molecule has 0 aromatic heterocycles. The summed E-state index contributed by atoms with van der Waals surface area (Å²) in [5.74, 6) is 0.778. The van der Waals surface area contributed by atoms with Crippen LogP contribution < -0.4 is 10.6 Å². The molecule has 2 saturated heterocycles. The minimum absolute atomic E-state index is 0.139. The highest BCUT2D eigenvalue weighted by molar-refractivity contribution is 5.74. The van der Waals surface area contributed by atoms with Crippen molar-refractivity contribution in [2.45, 2.75) is 38.6 Å². The minimum atomic E-state index is 0.139. The first kappa shape index (κ1) is 11.7. The lowest BCUT2D eigenvalue weighted by atomic mass is 9.99. The fourth-order valence-corrected chi connectivity index (χ4v) is 2.45. The number of carbonyl (C=O) groups excluding carboxylic acids is 1. The maximum Gasteiger partial charge on any atom is 0.317 e. The van der Waals surface area contributed by atoms with E-state index in [1.165, 1.54) is 6.42 Å². The van der Waals surface area contributed by atoms with Crippen molar-refractivity contribution >= 4 is 6.03 Å². The zero-order valence-corrected chi connectivity index (χ0v) is 10.2. The molecule has 2 rings (SSSR count). The van der Waals surface area contributed by atoms with E-state index in [-0.39, 0.29) is 6.03 Å². The van der Waals surface area contributed by atoms with Crippen molar-refractivity contribution < 1.29 is 4.79 Å². The molecule has 0 aromatic rings. The van der Waals surface area contributed by atoms with Gasteiger partial charge in [0.2, 0.25) is 0 Å². The van der Waals surface area contributed by atoms with Crippen LogP contribution in [0.5, 0.6) is 0 Å². The second-order valence-corrected chi connectivity index (χ2v) is 5.16. The van der Waals surface area contributed by atoms with Crippen molar-refractivity contribution in [2.24, 2.45) is 5.92 Å². The summed E-state index contributed by atoms with van der Waals surface area (Å²) in [5.41, 5.74) is 0. The lowest BCUT2D eigenvalue weighted by molar-refractivity contribution is 0.168. The Labute approximate surface area is 97.8 Å². The van der Waals surface area contributed by atoms with Crippen LogP contribution in [0, 0.1) is 5.92 Å². The largest absolute Gasteiger partial charge is 0.334 e. The summed E-state index contributed by atoms with van der Waals surface area (Å²) in [5, 5.41) is 6.44. The van der Waals surface area contributed by atoms with Gasteiger partial charge in [0.15, 0.2) is 0 Å². The Kier molecular flexibility index (Phi) is 4.04. The molecule has 0 spiro atoms. The quantitative estimate of drug-likeness (QED) is 0.704. The van der Waals surface area contributed by atoms with Gasteiger partial charge in [-0.15, -0.1) is 0 Å². The molecule has 0 aromatic carbocycles. The number of hydrogen-bond acceptors (Lipinski definition) is 2. The van der Waals surface area contributed by atoms with Gasteiger partial charge in [-0.1, -0.05) is 6.92 Å². The number of nitrogens with zero attached hydrogens (tertiary/aromatic N) is 1. The molecule has 0 bridgehead atoms. The predicted octanol–water partition coefficient (Wildman–Crippen LogP) is 1.18. The van der Waals surface area contributed by atoms with Crippen LogP contribution in [-0.2, 0) is 0 Å². The first-order valence-electron chi connectivity index (χ1n) is 6.52. The third-order valence-electron chi connectivity index (χ3n) is 3.70. The van der Waals surface area contributed by atoms with Crippen LogP contribution >= 0.6 is 0 Å². The van der Waals surface area contributed by atoms with Crippen LogP contribution in [0.1, 0.15) is 32.6 Å². The molecule has 2 aliphatic heterocycles. The lowest BCUT2D eigenvalue weighted by Gasteiger charge is -2.32. The zero-order valence-electron chi connectivity index (χ0n) is 10.2. The Morgan fingerprint density at radius 3 is 2.69 bits per heavy atom. The van der Waals surface area contributed by atoms with E-state index < -0.39 is 0 Å². The molecule has 16 heavy (non-hydrogen) atoms. The molecule has 2 N–H and O–H groups in total. The van der Waals surface area contributed by atoms with Gasteiger partial charge in [0.05, 0.1) is 0 Å². The summed E-state index contributed by atoms with van der Waals surface area (Å²) in [7, 11) is 0. The Balaban J connectivity index is 1.74. The van der Waals surface area contributed by atoms with Crippen LogP contribution in [0.4, 0.5) is 4.79 Å². The van der Waals surface area contributed by atoms with Gasteiger partial charge < -0.3 is 15.5 Å². The fourth-order valence-electron chi connectivity index (χ4n) is 2.45. The molecule has 4 nitrogen and oxygen atoms in total. The van der Waals surface area contributed by atoms with E-state index in [1.54, 1.807) is 0 Å². The maximum atomic E-state index is 12.0. The highest BCUT2D eigenvalue weighted by Crippen LogP contribution is 2.16. The summed E-state index contributed by atoms with van der Waals surface area (Å²) in [4.78, 5) is 13.9. The Morgan fingerprint density at radius 2 is 2.06 bits per heavy atom. The number of likely N-dealkylation sites (tertiary alicyclic amines) is 1. The third-order valence-corrected chi connectivity index (χ3v) is 3.70. The number of carbonyl (C=O) groups is 1. The highest BCUT2D eigenvalue weighted by Gasteiger charge is 2.22. The van der Waals surface area contributed by atoms with E-state index in [9.17, 15) is 4.79 Å². The third kappa shape index (κ3) is 3.11. The molecule has 2 aliphatic rings. The zero-order chi connectivity index (χ0) is 11.4. The SMILES string of the molecule is CC1CCN(C(=O)N[C@@H]2CCCNC2)CC1. The predicted molar refractivity (Wildman–Crippen MR) is 64.4 cm³/mol. The van der Waals surface area contributed by atoms with Crippen molar-refractivity contribution in [2.75, 3.05) is 26.2 Å². The van der Waals surface area contributed by atoms with Gasteiger partial charge in [-0.2, -0.15) is 0 Å². The summed E-state index contributed by atoms with van der Waals surface area (Å²) in [6, 6.07) is 0.473. The molecule has 0 aliphatic carbocycles. The second kappa shape index (κ2) is 5.53. The van der Waals surface area contributed by atoms with Crippen LogP contribution in [0.25, 0.3) is 0 Å². The first-order chi connectivity index (χ1) is 7.75. The topological polar surface area (TPSA) is 44.4 Å². The molecule has 2 fully saturated rings. The maximum absolute atomic E-state index is 12.0. The number of rotatable bonds is 1. The van der Waals surface area contributed by atoms with Gasteiger partial charge in [-0.05, 0) is 38.1 Å². The molecule has 0 radical (unpaired) electrons. The molecule has 0 saturated carbocycles. The van der Waals surface area contributed by atoms with Crippen molar-refractivity contribution in [3.8, 4) is 0 Å². The average Bonchev–Trinajstić information content (AvgIpc) is 2.31. The molecular formula is C12H23N3O. The smallest absolute Gasteiger partial charge is 0.317 e. The van der Waals surface area contributed by atoms with Gasteiger partial charge in [0.25, 0.3) is 0 Å². The van der Waals surface area contributed by atoms with Crippen molar-refractivity contribution in [3.63, 3.8) is 0 Å². The summed E-state index contributed by atoms with van der Waals surface area (Å²) < 4.78 is 0. The molecule has 2 amide bonds. The van der Waals surface area contributed by atoms with Crippen molar-refractivity contribution in [3.05, 3.63) is 0 Å². The Morgan fingerprint density at radius 1 is 1.31 bits per heavy atom. The van der Waals surface area contributed by atoms with E-state index in [2.05, 4.69) is 17.6 Å². The number of amides is 2. The summed E-state index contributed by atoms with van der Waals surface area (Å²) in [6.07, 6.45) is 4.58. The van der Waals surface area contributed by atoms with Gasteiger partial charge >= 0.3 is 6.03 Å². The molecular weight excluding hydrogens is 202 g/mol.